The van der Waals surface area contributed by atoms with Crippen molar-refractivity contribution in [1.29, 1.82) is 0 Å². The highest BCUT2D eigenvalue weighted by atomic mass is 16.3. The standard InChI is InChI=1S/C32H26O2/c1-4-8-22(20(3)5-2)23-13-11-21-12-14-25-27(29-9-6-17-33-29)19-28(30-10-7-18-34-30)26-16-15-24(23)31(21)32(25)26/h4,6-20H,1,5H2,2-3H3. The molecule has 0 aliphatic rings. The second-order valence-electron chi connectivity index (χ2n) is 8.95. The molecule has 2 aromatic heterocycles. The van der Waals surface area contributed by atoms with Crippen LogP contribution in [0.2, 0.25) is 0 Å². The van der Waals surface area contributed by atoms with E-state index in [2.05, 4.69) is 69.0 Å². The molecule has 0 aliphatic carbocycles. The highest BCUT2D eigenvalue weighted by Crippen LogP contribution is 2.46. The summed E-state index contributed by atoms with van der Waals surface area (Å²) in [6.07, 6.45) is 8.62. The maximum absolute atomic E-state index is 5.87. The quantitative estimate of drug-likeness (QED) is 0.189. The number of hydrogen-bond acceptors (Lipinski definition) is 2. The van der Waals surface area contributed by atoms with E-state index in [0.717, 1.165) is 29.1 Å². The summed E-state index contributed by atoms with van der Waals surface area (Å²) in [5, 5.41) is 7.42. The molecule has 6 aromatic rings. The summed E-state index contributed by atoms with van der Waals surface area (Å²) in [6, 6.07) is 23.6. The van der Waals surface area contributed by atoms with Gasteiger partial charge in [-0.25, -0.2) is 0 Å². The summed E-state index contributed by atoms with van der Waals surface area (Å²) in [5.41, 5.74) is 4.76. The van der Waals surface area contributed by atoms with E-state index in [1.807, 2.05) is 30.3 Å². The van der Waals surface area contributed by atoms with Crippen molar-refractivity contribution in [2.75, 3.05) is 0 Å². The normalized spacial score (nSPS) is 13.3. The first-order valence-corrected chi connectivity index (χ1v) is 11.9. The van der Waals surface area contributed by atoms with Crippen LogP contribution in [-0.2, 0) is 0 Å². The fourth-order valence-electron chi connectivity index (χ4n) is 5.29. The maximum atomic E-state index is 5.87. The van der Waals surface area contributed by atoms with Crippen LogP contribution in [0, 0.1) is 5.92 Å². The highest BCUT2D eigenvalue weighted by Gasteiger charge is 2.21. The first-order valence-electron chi connectivity index (χ1n) is 11.9. The Labute approximate surface area is 199 Å². The number of rotatable bonds is 6. The van der Waals surface area contributed by atoms with Crippen LogP contribution in [0.4, 0.5) is 0 Å². The zero-order chi connectivity index (χ0) is 23.2. The maximum Gasteiger partial charge on any atom is 0.134 e. The highest BCUT2D eigenvalue weighted by molar-refractivity contribution is 6.29. The topological polar surface area (TPSA) is 26.3 Å². The van der Waals surface area contributed by atoms with Gasteiger partial charge in [-0.15, -0.1) is 0 Å². The predicted octanol–water partition coefficient (Wildman–Crippen LogP) is 9.72. The summed E-state index contributed by atoms with van der Waals surface area (Å²) >= 11 is 0. The Hall–Kier alpha value is -4.04. The zero-order valence-electron chi connectivity index (χ0n) is 19.5. The molecule has 1 atom stereocenters. The molecule has 0 fully saturated rings. The molecule has 6 rings (SSSR count). The molecular weight excluding hydrogens is 416 g/mol. The minimum Gasteiger partial charge on any atom is -0.464 e. The molecule has 2 heterocycles. The van der Waals surface area contributed by atoms with Gasteiger partial charge in [0.1, 0.15) is 11.5 Å². The van der Waals surface area contributed by atoms with Crippen molar-refractivity contribution in [2.24, 2.45) is 5.92 Å². The van der Waals surface area contributed by atoms with Crippen molar-refractivity contribution in [3.63, 3.8) is 0 Å². The third-order valence-electron chi connectivity index (χ3n) is 7.11. The summed E-state index contributed by atoms with van der Waals surface area (Å²) in [5.74, 6) is 2.16. The van der Waals surface area contributed by atoms with Crippen molar-refractivity contribution in [3.05, 3.63) is 104 Å². The molecule has 0 saturated carbocycles. The van der Waals surface area contributed by atoms with Crippen LogP contribution < -0.4 is 0 Å². The first kappa shape index (κ1) is 20.6. The Morgan fingerprint density at radius 2 is 1.44 bits per heavy atom. The van der Waals surface area contributed by atoms with E-state index >= 15 is 0 Å². The van der Waals surface area contributed by atoms with Crippen LogP contribution in [0.1, 0.15) is 25.8 Å². The lowest BCUT2D eigenvalue weighted by molar-refractivity contribution is 0.581. The molecule has 0 aliphatic heterocycles. The van der Waals surface area contributed by atoms with Crippen molar-refractivity contribution in [1.82, 2.24) is 0 Å². The molecule has 166 valence electrons. The Kier molecular flexibility index (Phi) is 4.88. The SMILES string of the molecule is C=CC=C(c1ccc2ccc3c(-c4ccco4)cc(-c4ccco4)c4ccc1c2c34)C(C)CC. The number of furan rings is 2. The van der Waals surface area contributed by atoms with E-state index in [1.165, 1.54) is 43.5 Å². The predicted molar refractivity (Wildman–Crippen MR) is 143 cm³/mol. The lowest BCUT2D eigenvalue weighted by Crippen LogP contribution is -1.99. The van der Waals surface area contributed by atoms with Gasteiger partial charge >= 0.3 is 0 Å². The Morgan fingerprint density at radius 3 is 2.03 bits per heavy atom. The van der Waals surface area contributed by atoms with Crippen molar-refractivity contribution < 1.29 is 8.83 Å². The molecular formula is C32H26O2. The molecule has 0 spiro atoms. The van der Waals surface area contributed by atoms with Gasteiger partial charge in [0.25, 0.3) is 0 Å². The van der Waals surface area contributed by atoms with Gasteiger partial charge in [-0.05, 0) is 86.1 Å². The van der Waals surface area contributed by atoms with Crippen LogP contribution in [0.15, 0.2) is 107 Å². The second kappa shape index (κ2) is 8.07. The van der Waals surface area contributed by atoms with Crippen LogP contribution in [0.3, 0.4) is 0 Å². The monoisotopic (exact) mass is 442 g/mol. The molecule has 2 nitrogen and oxygen atoms in total. The van der Waals surface area contributed by atoms with Crippen LogP contribution in [-0.4, -0.2) is 0 Å². The first-order chi connectivity index (χ1) is 16.7. The molecule has 2 heteroatoms. The average molecular weight is 443 g/mol. The van der Waals surface area contributed by atoms with Gasteiger partial charge in [0.15, 0.2) is 0 Å². The average Bonchev–Trinajstić information content (AvgIpc) is 3.60. The van der Waals surface area contributed by atoms with E-state index in [4.69, 9.17) is 8.83 Å². The van der Waals surface area contributed by atoms with Crippen LogP contribution in [0.5, 0.6) is 0 Å². The largest absolute Gasteiger partial charge is 0.464 e. The van der Waals surface area contributed by atoms with Gasteiger partial charge in [-0.2, -0.15) is 0 Å². The molecule has 34 heavy (non-hydrogen) atoms. The lowest BCUT2D eigenvalue weighted by atomic mass is 9.83. The van der Waals surface area contributed by atoms with E-state index in [0.29, 0.717) is 5.92 Å². The van der Waals surface area contributed by atoms with Gasteiger partial charge < -0.3 is 8.83 Å². The van der Waals surface area contributed by atoms with E-state index in [-0.39, 0.29) is 0 Å². The number of allylic oxidation sites excluding steroid dienone is 3. The van der Waals surface area contributed by atoms with E-state index in [9.17, 15) is 0 Å². The van der Waals surface area contributed by atoms with Gasteiger partial charge in [0.2, 0.25) is 0 Å². The Balaban J connectivity index is 1.79. The molecule has 1 unspecified atom stereocenters. The summed E-state index contributed by atoms with van der Waals surface area (Å²) in [4.78, 5) is 0. The fourth-order valence-corrected chi connectivity index (χ4v) is 5.29. The van der Waals surface area contributed by atoms with Gasteiger partial charge in [-0.1, -0.05) is 69.0 Å². The van der Waals surface area contributed by atoms with Crippen molar-refractivity contribution in [3.8, 4) is 22.6 Å². The van der Waals surface area contributed by atoms with Crippen molar-refractivity contribution >= 4 is 37.9 Å². The number of hydrogen-bond donors (Lipinski definition) is 0. The van der Waals surface area contributed by atoms with Gasteiger partial charge in [-0.3, -0.25) is 0 Å². The fraction of sp³-hybridized carbons (Fsp3) is 0.125. The summed E-state index contributed by atoms with van der Waals surface area (Å²) < 4.78 is 11.7. The molecule has 0 bridgehead atoms. The molecule has 0 saturated heterocycles. The van der Waals surface area contributed by atoms with E-state index < -0.39 is 0 Å². The molecule has 0 radical (unpaired) electrons. The zero-order valence-corrected chi connectivity index (χ0v) is 19.5. The van der Waals surface area contributed by atoms with Gasteiger partial charge in [0.05, 0.1) is 12.5 Å². The molecule has 4 aromatic carbocycles. The smallest absolute Gasteiger partial charge is 0.134 e. The molecule has 0 amide bonds. The third-order valence-corrected chi connectivity index (χ3v) is 7.11. The van der Waals surface area contributed by atoms with Crippen molar-refractivity contribution in [2.45, 2.75) is 20.3 Å². The molecule has 0 N–H and O–H groups in total. The number of benzene rings is 4. The Morgan fingerprint density at radius 1 is 0.824 bits per heavy atom. The van der Waals surface area contributed by atoms with Gasteiger partial charge in [0, 0.05) is 11.1 Å². The Bertz CT molecular complexity index is 1590. The summed E-state index contributed by atoms with van der Waals surface area (Å²) in [7, 11) is 0. The third kappa shape index (κ3) is 3.03. The summed E-state index contributed by atoms with van der Waals surface area (Å²) in [6.45, 7) is 8.52. The minimum absolute atomic E-state index is 0.439. The second-order valence-corrected chi connectivity index (χ2v) is 8.95. The minimum atomic E-state index is 0.439. The van der Waals surface area contributed by atoms with E-state index in [1.54, 1.807) is 12.5 Å². The van der Waals surface area contributed by atoms with Crippen LogP contribution in [0.25, 0.3) is 60.5 Å². The van der Waals surface area contributed by atoms with Crippen LogP contribution >= 0.6 is 0 Å². The lowest BCUT2D eigenvalue weighted by Gasteiger charge is -2.20.